The van der Waals surface area contributed by atoms with Crippen LogP contribution in [0.25, 0.3) is 21.3 Å². The van der Waals surface area contributed by atoms with Gasteiger partial charge in [-0.1, -0.05) is 35.3 Å². The number of hydrogen-bond donors (Lipinski definition) is 1. The van der Waals surface area contributed by atoms with Crippen molar-refractivity contribution < 1.29 is 9.18 Å². The maximum absolute atomic E-state index is 13.2. The zero-order valence-corrected chi connectivity index (χ0v) is 17.0. The Labute approximate surface area is 178 Å². The molecule has 1 N–H and O–H groups in total. The standard InChI is InChI=1S/C20H12Cl2FN3O2S/c21-12-3-6-15(22)16(7-12)25-17(27)8-26-10-24-19-18(20(26)28)14(9-29-19)11-1-4-13(23)5-2-11/h1-7,9-10H,8H2,(H,25,27). The number of halogens is 3. The molecule has 4 aromatic rings. The van der Waals surface area contributed by atoms with Crippen LogP contribution in [0.15, 0.2) is 59.0 Å². The number of thiophene rings is 1. The lowest BCUT2D eigenvalue weighted by Gasteiger charge is -2.09. The Balaban J connectivity index is 1.66. The van der Waals surface area contributed by atoms with E-state index < -0.39 is 5.91 Å². The molecule has 0 atom stereocenters. The van der Waals surface area contributed by atoms with Crippen molar-refractivity contribution in [2.24, 2.45) is 0 Å². The Kier molecular flexibility index (Phi) is 5.36. The fourth-order valence-corrected chi connectivity index (χ4v) is 4.10. The molecule has 2 aromatic heterocycles. The minimum Gasteiger partial charge on any atom is -0.323 e. The van der Waals surface area contributed by atoms with Gasteiger partial charge in [-0.3, -0.25) is 14.2 Å². The maximum Gasteiger partial charge on any atom is 0.263 e. The third-order valence-corrected chi connectivity index (χ3v) is 5.68. The van der Waals surface area contributed by atoms with E-state index in [1.165, 1.54) is 40.4 Å². The smallest absolute Gasteiger partial charge is 0.263 e. The number of benzene rings is 2. The Morgan fingerprint density at radius 3 is 2.69 bits per heavy atom. The number of rotatable bonds is 4. The number of carbonyl (C=O) groups is 1. The average Bonchev–Trinajstić information content (AvgIpc) is 3.12. The Hall–Kier alpha value is -2.74. The van der Waals surface area contributed by atoms with Crippen molar-refractivity contribution in [1.29, 1.82) is 0 Å². The lowest BCUT2D eigenvalue weighted by atomic mass is 10.1. The Bertz CT molecular complexity index is 1290. The molecule has 0 saturated heterocycles. The Morgan fingerprint density at radius 1 is 1.17 bits per heavy atom. The summed E-state index contributed by atoms with van der Waals surface area (Å²) in [4.78, 5) is 30.2. The molecule has 0 aliphatic heterocycles. The number of nitrogens with one attached hydrogen (secondary N) is 1. The average molecular weight is 448 g/mol. The third kappa shape index (κ3) is 4.03. The van der Waals surface area contributed by atoms with Gasteiger partial charge < -0.3 is 5.32 Å². The largest absolute Gasteiger partial charge is 0.323 e. The van der Waals surface area contributed by atoms with Gasteiger partial charge in [0.25, 0.3) is 5.56 Å². The topological polar surface area (TPSA) is 64.0 Å². The molecule has 9 heteroatoms. The van der Waals surface area contributed by atoms with Crippen LogP contribution < -0.4 is 10.9 Å². The van der Waals surface area contributed by atoms with Gasteiger partial charge in [0.1, 0.15) is 17.2 Å². The van der Waals surface area contributed by atoms with Crippen LogP contribution in [0.5, 0.6) is 0 Å². The molecule has 0 spiro atoms. The summed E-state index contributed by atoms with van der Waals surface area (Å²) in [6.07, 6.45) is 1.33. The first kappa shape index (κ1) is 19.6. The van der Waals surface area contributed by atoms with E-state index in [1.807, 2.05) is 0 Å². The van der Waals surface area contributed by atoms with Crippen LogP contribution in [0.2, 0.25) is 10.0 Å². The van der Waals surface area contributed by atoms with Gasteiger partial charge in [0, 0.05) is 16.0 Å². The minimum absolute atomic E-state index is 0.247. The van der Waals surface area contributed by atoms with Crippen molar-refractivity contribution in [2.45, 2.75) is 6.54 Å². The lowest BCUT2D eigenvalue weighted by molar-refractivity contribution is -0.116. The number of anilines is 1. The predicted molar refractivity (Wildman–Crippen MR) is 114 cm³/mol. The van der Waals surface area contributed by atoms with E-state index in [9.17, 15) is 14.0 Å². The normalized spacial score (nSPS) is 11.0. The van der Waals surface area contributed by atoms with Crippen molar-refractivity contribution in [3.8, 4) is 11.1 Å². The molecule has 2 heterocycles. The van der Waals surface area contributed by atoms with Gasteiger partial charge >= 0.3 is 0 Å². The summed E-state index contributed by atoms with van der Waals surface area (Å²) >= 11 is 13.3. The highest BCUT2D eigenvalue weighted by atomic mass is 35.5. The summed E-state index contributed by atoms with van der Waals surface area (Å²) in [5.74, 6) is -0.809. The van der Waals surface area contributed by atoms with E-state index in [1.54, 1.807) is 29.6 Å². The second kappa shape index (κ2) is 7.94. The van der Waals surface area contributed by atoms with Crippen LogP contribution >= 0.6 is 34.5 Å². The molecule has 0 saturated carbocycles. The van der Waals surface area contributed by atoms with Crippen molar-refractivity contribution in [3.63, 3.8) is 0 Å². The summed E-state index contributed by atoms with van der Waals surface area (Å²) in [6, 6.07) is 10.6. The number of carbonyl (C=O) groups excluding carboxylic acids is 1. The van der Waals surface area contributed by atoms with Gasteiger partial charge in [0.2, 0.25) is 5.91 Å². The molecule has 0 unspecified atom stereocenters. The molecular formula is C20H12Cl2FN3O2S. The highest BCUT2D eigenvalue weighted by Gasteiger charge is 2.15. The van der Waals surface area contributed by atoms with Crippen LogP contribution in [0.4, 0.5) is 10.1 Å². The summed E-state index contributed by atoms with van der Waals surface area (Å²) in [5, 5.41) is 5.58. The zero-order valence-electron chi connectivity index (χ0n) is 14.7. The van der Waals surface area contributed by atoms with E-state index in [0.29, 0.717) is 37.1 Å². The summed E-state index contributed by atoms with van der Waals surface area (Å²) in [7, 11) is 0. The molecule has 0 fully saturated rings. The van der Waals surface area contributed by atoms with E-state index in [4.69, 9.17) is 23.2 Å². The van der Waals surface area contributed by atoms with E-state index in [2.05, 4.69) is 10.3 Å². The van der Waals surface area contributed by atoms with Crippen molar-refractivity contribution in [1.82, 2.24) is 9.55 Å². The quantitative estimate of drug-likeness (QED) is 0.466. The highest BCUT2D eigenvalue weighted by Crippen LogP contribution is 2.30. The van der Waals surface area contributed by atoms with Gasteiger partial charge in [0.05, 0.1) is 22.4 Å². The minimum atomic E-state index is -0.448. The van der Waals surface area contributed by atoms with Crippen molar-refractivity contribution >= 4 is 56.3 Å². The summed E-state index contributed by atoms with van der Waals surface area (Å²) in [6.45, 7) is -0.247. The zero-order chi connectivity index (χ0) is 20.5. The first-order valence-corrected chi connectivity index (χ1v) is 10.0. The molecule has 0 bridgehead atoms. The van der Waals surface area contributed by atoms with Crippen molar-refractivity contribution in [3.05, 3.63) is 80.4 Å². The Morgan fingerprint density at radius 2 is 1.93 bits per heavy atom. The number of fused-ring (bicyclic) bond motifs is 1. The van der Waals surface area contributed by atoms with E-state index in [0.717, 1.165) is 0 Å². The second-order valence-electron chi connectivity index (χ2n) is 6.19. The molecule has 29 heavy (non-hydrogen) atoms. The number of aromatic nitrogens is 2. The highest BCUT2D eigenvalue weighted by molar-refractivity contribution is 7.17. The van der Waals surface area contributed by atoms with Crippen LogP contribution in [-0.2, 0) is 11.3 Å². The fraction of sp³-hybridized carbons (Fsp3) is 0.0500. The van der Waals surface area contributed by atoms with Gasteiger partial charge in [0.15, 0.2) is 0 Å². The van der Waals surface area contributed by atoms with Gasteiger partial charge in [-0.05, 0) is 35.9 Å². The number of nitrogens with zero attached hydrogens (tertiary/aromatic N) is 2. The SMILES string of the molecule is O=C(Cn1cnc2scc(-c3ccc(F)cc3)c2c1=O)Nc1cc(Cl)ccc1Cl. The predicted octanol–water partition coefficient (Wildman–Crippen LogP) is 5.21. The molecule has 0 aliphatic rings. The molecular weight excluding hydrogens is 436 g/mol. The molecule has 1 amide bonds. The first-order valence-electron chi connectivity index (χ1n) is 8.40. The molecule has 0 aliphatic carbocycles. The van der Waals surface area contributed by atoms with E-state index in [-0.39, 0.29) is 17.9 Å². The van der Waals surface area contributed by atoms with Gasteiger partial charge in [-0.15, -0.1) is 11.3 Å². The number of amides is 1. The molecule has 2 aromatic carbocycles. The maximum atomic E-state index is 13.2. The first-order chi connectivity index (χ1) is 13.9. The molecule has 4 rings (SSSR count). The van der Waals surface area contributed by atoms with Crippen LogP contribution in [0.3, 0.4) is 0 Å². The molecule has 0 radical (unpaired) electrons. The van der Waals surface area contributed by atoms with Crippen LogP contribution in [0.1, 0.15) is 0 Å². The van der Waals surface area contributed by atoms with Crippen LogP contribution in [0, 0.1) is 5.82 Å². The number of hydrogen-bond acceptors (Lipinski definition) is 4. The van der Waals surface area contributed by atoms with Crippen LogP contribution in [-0.4, -0.2) is 15.5 Å². The monoisotopic (exact) mass is 447 g/mol. The second-order valence-corrected chi connectivity index (χ2v) is 7.89. The fourth-order valence-electron chi connectivity index (χ4n) is 2.86. The summed E-state index contributed by atoms with van der Waals surface area (Å²) < 4.78 is 14.4. The molecule has 146 valence electrons. The van der Waals surface area contributed by atoms with E-state index >= 15 is 0 Å². The lowest BCUT2D eigenvalue weighted by Crippen LogP contribution is -2.27. The van der Waals surface area contributed by atoms with Gasteiger partial charge in [-0.25, -0.2) is 9.37 Å². The molecule has 5 nitrogen and oxygen atoms in total. The third-order valence-electron chi connectivity index (χ3n) is 4.23. The van der Waals surface area contributed by atoms with Gasteiger partial charge in [-0.2, -0.15) is 0 Å². The summed E-state index contributed by atoms with van der Waals surface area (Å²) in [5.41, 5.74) is 1.34. The van der Waals surface area contributed by atoms with Crippen molar-refractivity contribution in [2.75, 3.05) is 5.32 Å².